The molecule has 2 aromatic heterocycles. The largest absolute Gasteiger partial charge is 0.279 e. The van der Waals surface area contributed by atoms with Crippen LogP contribution in [-0.4, -0.2) is 19.6 Å². The van der Waals surface area contributed by atoms with Gasteiger partial charge in [0.1, 0.15) is 5.82 Å². The summed E-state index contributed by atoms with van der Waals surface area (Å²) in [6, 6.07) is 8.54. The van der Waals surface area contributed by atoms with Gasteiger partial charge in [-0.05, 0) is 32.8 Å². The second kappa shape index (κ2) is 5.45. The van der Waals surface area contributed by atoms with Crippen molar-refractivity contribution in [3.8, 4) is 0 Å². The van der Waals surface area contributed by atoms with Gasteiger partial charge in [-0.25, -0.2) is 4.98 Å². The summed E-state index contributed by atoms with van der Waals surface area (Å²) in [5.41, 5.74) is 5.17. The first-order valence-corrected chi connectivity index (χ1v) is 7.36. The van der Waals surface area contributed by atoms with E-state index in [2.05, 4.69) is 46.4 Å². The van der Waals surface area contributed by atoms with Gasteiger partial charge >= 0.3 is 0 Å². The molecule has 5 heteroatoms. The first-order valence-electron chi connectivity index (χ1n) is 6.98. The molecule has 21 heavy (non-hydrogen) atoms. The molecule has 2 heterocycles. The van der Waals surface area contributed by atoms with Crippen molar-refractivity contribution >= 4 is 17.2 Å². The van der Waals surface area contributed by atoms with Crippen LogP contribution in [0.15, 0.2) is 24.3 Å². The van der Waals surface area contributed by atoms with Crippen molar-refractivity contribution in [3.05, 3.63) is 57.8 Å². The molecule has 0 fully saturated rings. The lowest BCUT2D eigenvalue weighted by Gasteiger charge is -2.07. The number of halogens is 1. The highest BCUT2D eigenvalue weighted by Crippen LogP contribution is 2.19. The lowest BCUT2D eigenvalue weighted by Crippen LogP contribution is -2.04. The maximum Gasteiger partial charge on any atom is 0.198 e. The zero-order valence-corrected chi connectivity index (χ0v) is 13.1. The molecule has 0 aliphatic carbocycles. The van der Waals surface area contributed by atoms with Gasteiger partial charge in [0.25, 0.3) is 0 Å². The van der Waals surface area contributed by atoms with E-state index in [0.717, 1.165) is 30.1 Å². The van der Waals surface area contributed by atoms with Gasteiger partial charge in [0.15, 0.2) is 10.8 Å². The van der Waals surface area contributed by atoms with Crippen molar-refractivity contribution in [2.45, 2.75) is 33.6 Å². The van der Waals surface area contributed by atoms with Crippen LogP contribution in [0.2, 0.25) is 5.15 Å². The quantitative estimate of drug-likeness (QED) is 0.743. The molecule has 0 unspecified atom stereocenters. The molecule has 0 saturated carbocycles. The number of benzene rings is 1. The molecule has 0 amide bonds. The molecular formula is C16H17ClN4. The van der Waals surface area contributed by atoms with Crippen LogP contribution in [-0.2, 0) is 12.8 Å². The second-order valence-corrected chi connectivity index (χ2v) is 5.70. The van der Waals surface area contributed by atoms with Crippen LogP contribution in [0.25, 0.3) is 5.65 Å². The van der Waals surface area contributed by atoms with Crippen LogP contribution in [0.5, 0.6) is 0 Å². The minimum absolute atomic E-state index is 0.410. The van der Waals surface area contributed by atoms with Gasteiger partial charge in [-0.15, -0.1) is 10.2 Å². The number of rotatable bonds is 3. The van der Waals surface area contributed by atoms with Crippen LogP contribution in [0.3, 0.4) is 0 Å². The molecule has 0 aliphatic rings. The van der Waals surface area contributed by atoms with Crippen molar-refractivity contribution in [2.24, 2.45) is 0 Å². The van der Waals surface area contributed by atoms with Gasteiger partial charge in [0.05, 0.1) is 5.69 Å². The first kappa shape index (κ1) is 14.0. The van der Waals surface area contributed by atoms with Crippen molar-refractivity contribution < 1.29 is 0 Å². The van der Waals surface area contributed by atoms with E-state index >= 15 is 0 Å². The Kier molecular flexibility index (Phi) is 3.64. The molecule has 3 aromatic rings. The third-order valence-corrected chi connectivity index (χ3v) is 4.01. The van der Waals surface area contributed by atoms with Crippen molar-refractivity contribution in [1.82, 2.24) is 19.6 Å². The lowest BCUT2D eigenvalue weighted by atomic mass is 10.1. The fraction of sp³-hybridized carbons (Fsp3) is 0.312. The Morgan fingerprint density at radius 3 is 2.67 bits per heavy atom. The molecule has 3 rings (SSSR count). The van der Waals surface area contributed by atoms with E-state index in [1.54, 1.807) is 0 Å². The van der Waals surface area contributed by atoms with Crippen molar-refractivity contribution in [1.29, 1.82) is 0 Å². The predicted molar refractivity (Wildman–Crippen MR) is 83.9 cm³/mol. The van der Waals surface area contributed by atoms with Gasteiger partial charge in [-0.1, -0.05) is 41.4 Å². The molecular weight excluding hydrogens is 284 g/mol. The monoisotopic (exact) mass is 300 g/mol. The predicted octanol–water partition coefficient (Wildman–Crippen LogP) is 3.49. The van der Waals surface area contributed by atoms with Gasteiger partial charge in [0, 0.05) is 12.1 Å². The summed E-state index contributed by atoms with van der Waals surface area (Å²) in [7, 11) is 0. The number of hydrogen-bond acceptors (Lipinski definition) is 3. The Morgan fingerprint density at radius 1 is 1.10 bits per heavy atom. The molecule has 0 saturated heterocycles. The van der Waals surface area contributed by atoms with Crippen LogP contribution in [0, 0.1) is 20.8 Å². The maximum atomic E-state index is 6.15. The molecule has 0 radical (unpaired) electrons. The number of aromatic nitrogens is 4. The number of nitrogens with zero attached hydrogens (tertiary/aromatic N) is 4. The normalized spacial score (nSPS) is 11.2. The van der Waals surface area contributed by atoms with E-state index < -0.39 is 0 Å². The van der Waals surface area contributed by atoms with E-state index in [0.29, 0.717) is 10.8 Å². The minimum atomic E-state index is 0.410. The van der Waals surface area contributed by atoms with Crippen molar-refractivity contribution in [2.75, 3.05) is 0 Å². The highest BCUT2D eigenvalue weighted by atomic mass is 35.5. The topological polar surface area (TPSA) is 43.1 Å². The van der Waals surface area contributed by atoms with E-state index in [9.17, 15) is 0 Å². The van der Waals surface area contributed by atoms with Crippen LogP contribution < -0.4 is 0 Å². The molecule has 0 N–H and O–H groups in total. The van der Waals surface area contributed by atoms with Gasteiger partial charge < -0.3 is 0 Å². The van der Waals surface area contributed by atoms with E-state index in [1.807, 2.05) is 18.2 Å². The zero-order valence-electron chi connectivity index (χ0n) is 12.4. The van der Waals surface area contributed by atoms with Crippen LogP contribution in [0.4, 0.5) is 0 Å². The van der Waals surface area contributed by atoms with Gasteiger partial charge in [-0.3, -0.25) is 4.40 Å². The summed E-state index contributed by atoms with van der Waals surface area (Å²) >= 11 is 6.15. The van der Waals surface area contributed by atoms with E-state index in [-0.39, 0.29) is 0 Å². The summed E-state index contributed by atoms with van der Waals surface area (Å²) in [5, 5.41) is 8.86. The summed E-state index contributed by atoms with van der Waals surface area (Å²) < 4.78 is 2.01. The third kappa shape index (κ3) is 2.63. The van der Waals surface area contributed by atoms with Crippen LogP contribution in [0.1, 0.15) is 28.3 Å². The Balaban J connectivity index is 1.95. The molecule has 1 aromatic carbocycles. The molecule has 0 aliphatic heterocycles. The zero-order chi connectivity index (χ0) is 15.0. The highest BCUT2D eigenvalue weighted by Gasteiger charge is 2.13. The second-order valence-electron chi connectivity index (χ2n) is 5.34. The molecule has 108 valence electrons. The number of fused-ring (bicyclic) bond motifs is 1. The maximum absolute atomic E-state index is 6.15. The smallest absolute Gasteiger partial charge is 0.198 e. The fourth-order valence-corrected chi connectivity index (χ4v) is 2.78. The Morgan fingerprint density at radius 2 is 1.90 bits per heavy atom. The summed E-state index contributed by atoms with van der Waals surface area (Å²) in [6.45, 7) is 6.07. The first-order chi connectivity index (χ1) is 10.1. The van der Waals surface area contributed by atoms with Crippen LogP contribution >= 0.6 is 11.6 Å². The SMILES string of the molecule is Cc1cccc(CCc2nnc3c(Cl)nc(C)c(C)n23)c1. The Bertz CT molecular complexity index is 807. The average molecular weight is 301 g/mol. The molecule has 4 nitrogen and oxygen atoms in total. The summed E-state index contributed by atoms with van der Waals surface area (Å²) in [4.78, 5) is 4.29. The highest BCUT2D eigenvalue weighted by molar-refractivity contribution is 6.32. The standard InChI is InChI=1S/C16H17ClN4/c1-10-5-4-6-13(9-10)7-8-14-19-20-16-15(17)18-11(2)12(3)21(14)16/h4-6,9H,7-8H2,1-3H3. The Labute approximate surface area is 128 Å². The number of hydrogen-bond donors (Lipinski definition) is 0. The molecule has 0 spiro atoms. The summed E-state index contributed by atoms with van der Waals surface area (Å²) in [5.74, 6) is 0.927. The van der Waals surface area contributed by atoms with E-state index in [4.69, 9.17) is 11.6 Å². The lowest BCUT2D eigenvalue weighted by molar-refractivity contribution is 0.821. The van der Waals surface area contributed by atoms with Gasteiger partial charge in [0.2, 0.25) is 0 Å². The van der Waals surface area contributed by atoms with Crippen molar-refractivity contribution in [3.63, 3.8) is 0 Å². The third-order valence-electron chi connectivity index (χ3n) is 3.76. The van der Waals surface area contributed by atoms with E-state index in [1.165, 1.54) is 11.1 Å². The number of aryl methyl sites for hydroxylation is 5. The Hall–Kier alpha value is -1.94. The minimum Gasteiger partial charge on any atom is -0.279 e. The molecule has 0 bridgehead atoms. The molecule has 0 atom stereocenters. The summed E-state index contributed by atoms with van der Waals surface area (Å²) in [6.07, 6.45) is 1.76. The fourth-order valence-electron chi connectivity index (χ4n) is 2.53. The van der Waals surface area contributed by atoms with Gasteiger partial charge in [-0.2, -0.15) is 0 Å². The average Bonchev–Trinajstić information content (AvgIpc) is 2.87.